The van der Waals surface area contributed by atoms with Gasteiger partial charge in [-0.2, -0.15) is 0 Å². The third-order valence-electron chi connectivity index (χ3n) is 11.1. The Bertz CT molecular complexity index is 3930. The fourth-order valence-electron chi connectivity index (χ4n) is 8.10. The maximum Gasteiger partial charge on any atom is 0.269 e. The second-order valence-corrected chi connectivity index (χ2v) is 17.4. The van der Waals surface area contributed by atoms with Crippen molar-refractivity contribution < 1.29 is 25.8 Å². The van der Waals surface area contributed by atoms with Crippen LogP contribution in [0.3, 0.4) is 0 Å². The zero-order chi connectivity index (χ0) is 53.1. The van der Waals surface area contributed by atoms with Crippen molar-refractivity contribution in [2.45, 2.75) is 59.2 Å². The molecule has 0 fully saturated rings. The summed E-state index contributed by atoms with van der Waals surface area (Å²) in [6, 6.07) is 32.6. The lowest BCUT2D eigenvalue weighted by Crippen LogP contribution is -2.34. The van der Waals surface area contributed by atoms with Crippen molar-refractivity contribution in [3.05, 3.63) is 199 Å². The number of aryl methyl sites for hydroxylation is 1. The topological polar surface area (TPSA) is 35.9 Å². The molecule has 0 saturated carbocycles. The monoisotopic (exact) mass is 818 g/mol. The number of ether oxygens (including phenoxy) is 1. The van der Waals surface area contributed by atoms with Gasteiger partial charge in [0, 0.05) is 32.7 Å². The molecule has 0 N–H and O–H groups in total. The third kappa shape index (κ3) is 6.94. The molecule has 0 amide bonds. The van der Waals surface area contributed by atoms with E-state index in [0.29, 0.717) is 39.5 Å². The van der Waals surface area contributed by atoms with Crippen LogP contribution in [0.2, 0.25) is 0 Å². The van der Waals surface area contributed by atoms with Crippen LogP contribution in [0.4, 0.5) is 0 Å². The van der Waals surface area contributed by atoms with Gasteiger partial charge in [-0.25, -0.2) is 4.98 Å². The van der Waals surface area contributed by atoms with E-state index in [2.05, 4.69) is 27.1 Å². The molecule has 304 valence electrons. The number of hydrogen-bond acceptors (Lipinski definition) is 2. The van der Waals surface area contributed by atoms with E-state index < -0.39 is 47.9 Å². The van der Waals surface area contributed by atoms with Crippen LogP contribution < -0.4 is 9.30 Å². The van der Waals surface area contributed by atoms with Crippen molar-refractivity contribution in [2.75, 3.05) is 0 Å². The van der Waals surface area contributed by atoms with Crippen molar-refractivity contribution in [3.8, 4) is 50.9 Å². The van der Waals surface area contributed by atoms with Crippen molar-refractivity contribution in [2.24, 2.45) is 0 Å². The Morgan fingerprint density at radius 3 is 2.19 bits per heavy atom. The average Bonchev–Trinajstić information content (AvgIpc) is 3.91. The van der Waals surface area contributed by atoms with Gasteiger partial charge >= 0.3 is 0 Å². The quantitative estimate of drug-likeness (QED) is 0.119. The molecule has 7 aromatic carbocycles. The highest BCUT2D eigenvalue weighted by atomic mass is 16.5. The second kappa shape index (κ2) is 15.0. The number of aromatic nitrogens is 4. The van der Waals surface area contributed by atoms with Crippen LogP contribution >= 0.6 is 0 Å². The van der Waals surface area contributed by atoms with Gasteiger partial charge in [-0.05, 0) is 93.5 Å². The number of nitrogens with zero attached hydrogens (tertiary/aromatic N) is 4. The molecular formula is C57H50N4O. The molecule has 5 heteroatoms. The van der Waals surface area contributed by atoms with Crippen LogP contribution in [-0.4, -0.2) is 14.1 Å². The van der Waals surface area contributed by atoms with E-state index in [-0.39, 0.29) is 52.2 Å². The number of para-hydroxylation sites is 4. The standard InChI is InChI=1S/C57H50N4O/c1-38-32-54(58-36-48(38)39-18-9-8-10-19-39)61-50-27-12-11-24-46(50)47-31-30-44(35-53(47)61)62-43-23-16-22-42(34-43)59-37-60(52-29-14-13-28-51(52)59)55-45(25-17-26-49(55)57(5,6)7)40-20-15-21-41(33-40)56(2,3)4/h8-36H,1-7H3/i1D3,8D,9D,10D,15D,18D,19D,20D,21D,33D. The number of benzene rings is 7. The SMILES string of the molecule is [2H]c1c([2H])c([2H])c(-c2cnc(-n3c4ccccc4c4ccc(Oc5cccc(-n6[c-][n+](-c7c(-c8c([2H])c([2H])c([2H])c(C(C)(C)C)c8[2H])cccc7C(C)(C)C)c7ccccc76)c5)cc43)cc2C([2H])([2H])[2H])c([2H])c1[2H]. The van der Waals surface area contributed by atoms with Crippen LogP contribution in [0.1, 0.15) is 74.7 Å². The first-order chi connectivity index (χ1) is 34.9. The summed E-state index contributed by atoms with van der Waals surface area (Å²) >= 11 is 0. The molecule has 10 rings (SSSR count). The highest BCUT2D eigenvalue weighted by Crippen LogP contribution is 2.38. The molecule has 3 heterocycles. The zero-order valence-electron chi connectivity index (χ0n) is 47.2. The fraction of sp³-hybridized carbons (Fsp3) is 0.158. The first kappa shape index (κ1) is 27.6. The minimum Gasteiger partial charge on any atom is -0.458 e. The van der Waals surface area contributed by atoms with E-state index in [4.69, 9.17) is 23.4 Å². The molecule has 10 aromatic rings. The van der Waals surface area contributed by atoms with Gasteiger partial charge in [-0.15, -0.1) is 0 Å². The predicted molar refractivity (Wildman–Crippen MR) is 255 cm³/mol. The largest absolute Gasteiger partial charge is 0.458 e. The van der Waals surface area contributed by atoms with E-state index in [9.17, 15) is 2.74 Å². The molecule has 0 atom stereocenters. The number of pyridine rings is 1. The Hall–Kier alpha value is -7.24. The first-order valence-corrected chi connectivity index (χ1v) is 20.5. The molecule has 62 heavy (non-hydrogen) atoms. The van der Waals surface area contributed by atoms with Crippen LogP contribution in [0, 0.1) is 13.2 Å². The summed E-state index contributed by atoms with van der Waals surface area (Å²) in [6.45, 7) is 9.31. The highest BCUT2D eigenvalue weighted by molar-refractivity contribution is 6.09. The van der Waals surface area contributed by atoms with Gasteiger partial charge in [0.05, 0.1) is 45.8 Å². The average molecular weight is 819 g/mol. The summed E-state index contributed by atoms with van der Waals surface area (Å²) in [4.78, 5) is 4.71. The van der Waals surface area contributed by atoms with E-state index in [1.54, 1.807) is 0 Å². The lowest BCUT2D eigenvalue weighted by Gasteiger charge is -2.26. The Kier molecular flexibility index (Phi) is 6.69. The summed E-state index contributed by atoms with van der Waals surface area (Å²) in [5.41, 5.74) is 4.95. The Labute approximate surface area is 381 Å². The molecule has 0 unspecified atom stereocenters. The van der Waals surface area contributed by atoms with Gasteiger partial charge in [-0.3, -0.25) is 13.7 Å². The molecule has 0 aliphatic rings. The van der Waals surface area contributed by atoms with Gasteiger partial charge in [0.25, 0.3) is 6.33 Å². The van der Waals surface area contributed by atoms with E-state index >= 15 is 0 Å². The molecule has 0 aliphatic carbocycles. The molecule has 0 aliphatic heterocycles. The Morgan fingerprint density at radius 2 is 1.39 bits per heavy atom. The minimum absolute atomic E-state index is 0.0465. The van der Waals surface area contributed by atoms with Crippen LogP contribution in [-0.2, 0) is 10.8 Å². The summed E-state index contributed by atoms with van der Waals surface area (Å²) in [5.74, 6) is 1.19. The van der Waals surface area contributed by atoms with E-state index in [0.717, 1.165) is 32.9 Å². The number of fused-ring (bicyclic) bond motifs is 4. The Morgan fingerprint density at radius 1 is 0.645 bits per heavy atom. The van der Waals surface area contributed by atoms with Crippen LogP contribution in [0.15, 0.2) is 176 Å². The number of rotatable bonds is 7. The van der Waals surface area contributed by atoms with Crippen LogP contribution in [0.5, 0.6) is 11.5 Å². The van der Waals surface area contributed by atoms with Crippen molar-refractivity contribution >= 4 is 32.8 Å². The molecule has 0 bridgehead atoms. The van der Waals surface area contributed by atoms with E-state index in [1.165, 1.54) is 12.3 Å². The van der Waals surface area contributed by atoms with Gasteiger partial charge in [0.15, 0.2) is 0 Å². The molecule has 0 radical (unpaired) electrons. The molecule has 3 aromatic heterocycles. The summed E-state index contributed by atoms with van der Waals surface area (Å²) < 4.78 is 116. The second-order valence-electron chi connectivity index (χ2n) is 17.4. The summed E-state index contributed by atoms with van der Waals surface area (Å²) in [7, 11) is 0. The number of hydrogen-bond donors (Lipinski definition) is 0. The highest BCUT2D eigenvalue weighted by Gasteiger charge is 2.25. The van der Waals surface area contributed by atoms with Gasteiger partial charge in [0.1, 0.15) is 17.3 Å². The van der Waals surface area contributed by atoms with Crippen molar-refractivity contribution in [3.63, 3.8) is 0 Å². The van der Waals surface area contributed by atoms with Crippen LogP contribution in [0.25, 0.3) is 72.3 Å². The molecule has 5 nitrogen and oxygen atoms in total. The van der Waals surface area contributed by atoms with Crippen molar-refractivity contribution in [1.82, 2.24) is 14.1 Å². The molecular weight excluding hydrogens is 757 g/mol. The molecule has 0 saturated heterocycles. The van der Waals surface area contributed by atoms with E-state index in [1.807, 2.05) is 144 Å². The van der Waals surface area contributed by atoms with Gasteiger partial charge in [-0.1, -0.05) is 163 Å². The third-order valence-corrected chi connectivity index (χ3v) is 11.1. The van der Waals surface area contributed by atoms with Gasteiger partial charge in [0.2, 0.25) is 0 Å². The Balaban J connectivity index is 1.10. The fourth-order valence-corrected chi connectivity index (χ4v) is 8.10. The number of imidazole rings is 1. The summed E-state index contributed by atoms with van der Waals surface area (Å²) in [6.07, 6.45) is 4.89. The lowest BCUT2D eigenvalue weighted by atomic mass is 9.82. The maximum absolute atomic E-state index is 9.53. The smallest absolute Gasteiger partial charge is 0.269 e. The maximum atomic E-state index is 9.53. The predicted octanol–water partition coefficient (Wildman–Crippen LogP) is 14.2. The van der Waals surface area contributed by atoms with Crippen molar-refractivity contribution in [1.29, 1.82) is 0 Å². The molecule has 0 spiro atoms. The zero-order valence-corrected chi connectivity index (χ0v) is 35.2. The normalized spacial score (nSPS) is 15.1. The summed E-state index contributed by atoms with van der Waals surface area (Å²) in [5, 5.41) is 1.70. The minimum atomic E-state index is -2.76. The van der Waals surface area contributed by atoms with Gasteiger partial charge < -0.3 is 4.74 Å². The lowest BCUT2D eigenvalue weighted by molar-refractivity contribution is -0.572. The first-order valence-electron chi connectivity index (χ1n) is 26.5.